The van der Waals surface area contributed by atoms with Crippen LogP contribution in [0.4, 0.5) is 0 Å². The van der Waals surface area contributed by atoms with Gasteiger partial charge in [0.15, 0.2) is 0 Å². The predicted molar refractivity (Wildman–Crippen MR) is 74.5 cm³/mol. The molecule has 0 saturated carbocycles. The van der Waals surface area contributed by atoms with Gasteiger partial charge in [-0.15, -0.1) is 0 Å². The van der Waals surface area contributed by atoms with Gasteiger partial charge in [-0.3, -0.25) is 4.79 Å². The highest BCUT2D eigenvalue weighted by Crippen LogP contribution is 2.16. The van der Waals surface area contributed by atoms with Crippen LogP contribution >= 0.6 is 0 Å². The van der Waals surface area contributed by atoms with Crippen LogP contribution in [-0.2, 0) is 19.6 Å². The third-order valence-corrected chi connectivity index (χ3v) is 4.59. The summed E-state index contributed by atoms with van der Waals surface area (Å²) in [5.41, 5.74) is 0.254. The molecule has 0 bridgehead atoms. The number of carbonyl (C=O) groups is 2. The number of carbonyl (C=O) groups excluding carboxylic acids is 1. The van der Waals surface area contributed by atoms with Crippen LogP contribution in [0.25, 0.3) is 0 Å². The maximum Gasteiger partial charge on any atom is 0.338 e. The van der Waals surface area contributed by atoms with Gasteiger partial charge in [0.05, 0.1) is 23.5 Å². The number of nitrogens with zero attached hydrogens (tertiary/aromatic N) is 1. The van der Waals surface area contributed by atoms with Crippen molar-refractivity contribution in [2.45, 2.75) is 18.2 Å². The second-order valence-corrected chi connectivity index (χ2v) is 6.26. The second-order valence-electron chi connectivity index (χ2n) is 4.22. The van der Waals surface area contributed by atoms with E-state index in [2.05, 4.69) is 0 Å². The number of carboxylic acids is 1. The summed E-state index contributed by atoms with van der Waals surface area (Å²) in [6.07, 6.45) is -0.281. The highest BCUT2D eigenvalue weighted by molar-refractivity contribution is 7.89. The molecule has 0 aliphatic carbocycles. The van der Waals surface area contributed by atoms with Gasteiger partial charge in [0.25, 0.3) is 0 Å². The topological polar surface area (TPSA) is 101 Å². The van der Waals surface area contributed by atoms with Crippen LogP contribution in [0.1, 0.15) is 23.7 Å². The maximum atomic E-state index is 12.2. The Morgan fingerprint density at radius 2 is 1.81 bits per heavy atom. The molecule has 1 aromatic carbocycles. The fraction of sp³-hybridized carbons (Fsp3) is 0.385. The minimum atomic E-state index is -3.77. The lowest BCUT2D eigenvalue weighted by atomic mass is 10.2. The van der Waals surface area contributed by atoms with Crippen molar-refractivity contribution in [2.75, 3.05) is 20.2 Å². The monoisotopic (exact) mass is 315 g/mol. The van der Waals surface area contributed by atoms with Crippen LogP contribution < -0.4 is 0 Å². The zero-order valence-corrected chi connectivity index (χ0v) is 12.6. The number of aliphatic carboxylic acids is 1. The van der Waals surface area contributed by atoms with E-state index in [1.807, 2.05) is 0 Å². The number of ether oxygens (including phenoxy) is 1. The molecule has 0 aliphatic rings. The summed E-state index contributed by atoms with van der Waals surface area (Å²) < 4.78 is 30.1. The first-order valence-electron chi connectivity index (χ1n) is 6.24. The predicted octanol–water partition coefficient (Wildman–Crippen LogP) is 0.958. The van der Waals surface area contributed by atoms with Gasteiger partial charge in [-0.1, -0.05) is 0 Å². The molecule has 0 aliphatic heterocycles. The number of carboxylic acid groups (broad SMARTS) is 1. The highest BCUT2D eigenvalue weighted by atomic mass is 32.2. The van der Waals surface area contributed by atoms with E-state index < -0.39 is 22.0 Å². The smallest absolute Gasteiger partial charge is 0.338 e. The Labute approximate surface area is 123 Å². The number of sulfonamides is 1. The van der Waals surface area contributed by atoms with E-state index in [1.54, 1.807) is 6.92 Å². The quantitative estimate of drug-likeness (QED) is 0.752. The van der Waals surface area contributed by atoms with Crippen molar-refractivity contribution in [3.63, 3.8) is 0 Å². The largest absolute Gasteiger partial charge is 0.481 e. The van der Waals surface area contributed by atoms with Crippen LogP contribution in [0.2, 0.25) is 0 Å². The molecule has 1 aromatic rings. The number of benzene rings is 1. The Bertz CT molecular complexity index is 608. The SMILES string of the molecule is CCOC(=O)c1ccc(S(=O)(=O)N(C)CCC(=O)O)cc1. The molecule has 0 atom stereocenters. The Morgan fingerprint density at radius 1 is 1.24 bits per heavy atom. The first kappa shape index (κ1) is 17.1. The highest BCUT2D eigenvalue weighted by Gasteiger charge is 2.21. The van der Waals surface area contributed by atoms with Crippen molar-refractivity contribution in [3.8, 4) is 0 Å². The van der Waals surface area contributed by atoms with E-state index in [9.17, 15) is 18.0 Å². The molecule has 0 unspecified atom stereocenters. The van der Waals surface area contributed by atoms with Crippen LogP contribution in [0.5, 0.6) is 0 Å². The van der Waals surface area contributed by atoms with Gasteiger partial charge in [0, 0.05) is 13.6 Å². The zero-order chi connectivity index (χ0) is 16.0. The van der Waals surface area contributed by atoms with Crippen molar-refractivity contribution >= 4 is 22.0 Å². The van der Waals surface area contributed by atoms with Gasteiger partial charge < -0.3 is 9.84 Å². The molecular weight excluding hydrogens is 298 g/mol. The molecular formula is C13H17NO6S. The third kappa shape index (κ3) is 4.54. The molecule has 0 spiro atoms. The van der Waals surface area contributed by atoms with E-state index >= 15 is 0 Å². The van der Waals surface area contributed by atoms with Crippen molar-refractivity contribution in [2.24, 2.45) is 0 Å². The van der Waals surface area contributed by atoms with E-state index in [-0.39, 0.29) is 30.0 Å². The minimum Gasteiger partial charge on any atom is -0.481 e. The van der Waals surface area contributed by atoms with Gasteiger partial charge in [0.2, 0.25) is 10.0 Å². The molecule has 0 heterocycles. The fourth-order valence-electron chi connectivity index (χ4n) is 1.53. The van der Waals surface area contributed by atoms with Crippen LogP contribution in [0.15, 0.2) is 29.2 Å². The summed E-state index contributed by atoms with van der Waals surface area (Å²) in [4.78, 5) is 21.9. The minimum absolute atomic E-state index is 0.0107. The molecule has 7 nitrogen and oxygen atoms in total. The standard InChI is InChI=1S/C13H17NO6S/c1-3-20-13(17)10-4-6-11(7-5-10)21(18,19)14(2)9-8-12(15)16/h4-7H,3,8-9H2,1-2H3,(H,15,16). The molecule has 0 aromatic heterocycles. The van der Waals surface area contributed by atoms with E-state index in [0.29, 0.717) is 0 Å². The van der Waals surface area contributed by atoms with Crippen LogP contribution in [-0.4, -0.2) is 50.0 Å². The molecule has 0 radical (unpaired) electrons. The zero-order valence-electron chi connectivity index (χ0n) is 11.8. The summed E-state index contributed by atoms with van der Waals surface area (Å²) >= 11 is 0. The summed E-state index contributed by atoms with van der Waals surface area (Å²) in [7, 11) is -2.47. The van der Waals surface area contributed by atoms with Crippen molar-refractivity contribution in [1.29, 1.82) is 0 Å². The van der Waals surface area contributed by atoms with Crippen molar-refractivity contribution < 1.29 is 27.9 Å². The molecule has 0 amide bonds. The lowest BCUT2D eigenvalue weighted by Gasteiger charge is -2.16. The Morgan fingerprint density at radius 3 is 2.29 bits per heavy atom. The normalized spacial score (nSPS) is 11.4. The molecule has 1 rings (SSSR count). The van der Waals surface area contributed by atoms with Gasteiger partial charge in [0.1, 0.15) is 0 Å². The van der Waals surface area contributed by atoms with Crippen LogP contribution in [0, 0.1) is 0 Å². The third-order valence-electron chi connectivity index (χ3n) is 2.71. The van der Waals surface area contributed by atoms with Gasteiger partial charge >= 0.3 is 11.9 Å². The van der Waals surface area contributed by atoms with E-state index in [1.165, 1.54) is 31.3 Å². The average Bonchev–Trinajstić information content (AvgIpc) is 2.45. The van der Waals surface area contributed by atoms with Crippen molar-refractivity contribution in [3.05, 3.63) is 29.8 Å². The Kier molecular flexibility index (Phi) is 5.86. The summed E-state index contributed by atoms with van der Waals surface area (Å²) in [5, 5.41) is 8.57. The van der Waals surface area contributed by atoms with Gasteiger partial charge in [-0.05, 0) is 31.2 Å². The Balaban J connectivity index is 2.89. The Hall–Kier alpha value is -1.93. The van der Waals surface area contributed by atoms with E-state index in [4.69, 9.17) is 9.84 Å². The molecule has 116 valence electrons. The number of hydrogen-bond donors (Lipinski definition) is 1. The number of rotatable bonds is 7. The fourth-order valence-corrected chi connectivity index (χ4v) is 2.70. The van der Waals surface area contributed by atoms with Crippen LogP contribution in [0.3, 0.4) is 0 Å². The average molecular weight is 315 g/mol. The maximum absolute atomic E-state index is 12.2. The molecule has 0 fully saturated rings. The number of hydrogen-bond acceptors (Lipinski definition) is 5. The molecule has 1 N–H and O–H groups in total. The summed E-state index contributed by atoms with van der Waals surface area (Å²) in [6, 6.07) is 5.30. The van der Waals surface area contributed by atoms with Gasteiger partial charge in [-0.25, -0.2) is 17.5 Å². The molecule has 8 heteroatoms. The first-order valence-corrected chi connectivity index (χ1v) is 7.68. The number of esters is 1. The van der Waals surface area contributed by atoms with Gasteiger partial charge in [-0.2, -0.15) is 0 Å². The lowest BCUT2D eigenvalue weighted by molar-refractivity contribution is -0.137. The second kappa shape index (κ2) is 7.19. The van der Waals surface area contributed by atoms with E-state index in [0.717, 1.165) is 4.31 Å². The molecule has 21 heavy (non-hydrogen) atoms. The first-order chi connectivity index (χ1) is 9.78. The van der Waals surface area contributed by atoms with Crippen molar-refractivity contribution in [1.82, 2.24) is 4.31 Å². The summed E-state index contributed by atoms with van der Waals surface area (Å²) in [6.45, 7) is 1.78. The molecule has 0 saturated heterocycles. The summed E-state index contributed by atoms with van der Waals surface area (Å²) in [5.74, 6) is -1.60. The lowest BCUT2D eigenvalue weighted by Crippen LogP contribution is -2.29.